The van der Waals surface area contributed by atoms with E-state index >= 15 is 0 Å². The highest BCUT2D eigenvalue weighted by molar-refractivity contribution is 5.86. The van der Waals surface area contributed by atoms with Crippen molar-refractivity contribution in [2.24, 2.45) is 5.11 Å². The van der Waals surface area contributed by atoms with Gasteiger partial charge in [0.05, 0.1) is 6.61 Å². The molecule has 42 heavy (non-hydrogen) atoms. The molecule has 16 nitrogen and oxygen atoms in total. The molecule has 0 radical (unpaired) electrons. The molecule has 0 saturated carbocycles. The quantitative estimate of drug-likeness (QED) is 0.0367. The zero-order valence-electron chi connectivity index (χ0n) is 26.1. The van der Waals surface area contributed by atoms with Gasteiger partial charge in [-0.3, -0.25) is 19.8 Å². The normalized spacial score (nSPS) is 12.7. The molecule has 16 heteroatoms. The van der Waals surface area contributed by atoms with E-state index in [4.69, 9.17) is 19.7 Å². The van der Waals surface area contributed by atoms with Crippen LogP contribution in [0.15, 0.2) is 5.11 Å². The number of likely N-dealkylation sites (N-methyl/N-ethyl adjacent to an activating group) is 1. The van der Waals surface area contributed by atoms with Gasteiger partial charge in [0.25, 0.3) is 0 Å². The minimum Gasteiger partial charge on any atom is -0.465 e. The Kier molecular flexibility index (Phi) is 17.6. The first-order valence-corrected chi connectivity index (χ1v) is 13.9. The average molecular weight is 601 g/mol. The van der Waals surface area contributed by atoms with E-state index in [-0.39, 0.29) is 45.5 Å². The largest absolute Gasteiger partial charge is 0.465 e. The van der Waals surface area contributed by atoms with Gasteiger partial charge in [-0.15, -0.1) is 0 Å². The third-order valence-corrected chi connectivity index (χ3v) is 4.97. The van der Waals surface area contributed by atoms with Gasteiger partial charge >= 0.3 is 18.2 Å². The molecule has 0 aromatic heterocycles. The van der Waals surface area contributed by atoms with Crippen molar-refractivity contribution in [3.8, 4) is 0 Å². The lowest BCUT2D eigenvalue weighted by atomic mass is 10.1. The van der Waals surface area contributed by atoms with Crippen LogP contribution in [0.2, 0.25) is 0 Å². The Labute approximate surface area is 247 Å². The summed E-state index contributed by atoms with van der Waals surface area (Å²) in [6, 6.07) is -1.95. The van der Waals surface area contributed by atoms with Gasteiger partial charge in [0, 0.05) is 37.5 Å². The molecule has 0 saturated heterocycles. The fraction of sp³-hybridized carbons (Fsp3) is 0.808. The number of alkyl carbamates (subject to hydrolysis) is 2. The van der Waals surface area contributed by atoms with Crippen LogP contribution in [-0.2, 0) is 28.6 Å². The second-order valence-corrected chi connectivity index (χ2v) is 11.5. The molecule has 4 N–H and O–H groups in total. The Bertz CT molecular complexity index is 942. The Hall–Kier alpha value is -3.78. The van der Waals surface area contributed by atoms with Gasteiger partial charge in [-0.1, -0.05) is 18.5 Å². The molecule has 0 aliphatic rings. The third-order valence-electron chi connectivity index (χ3n) is 4.97. The van der Waals surface area contributed by atoms with Crippen LogP contribution in [0, 0.1) is 0 Å². The lowest BCUT2D eigenvalue weighted by Crippen LogP contribution is -2.53. The van der Waals surface area contributed by atoms with Gasteiger partial charge in [0.2, 0.25) is 11.8 Å². The summed E-state index contributed by atoms with van der Waals surface area (Å²) in [6.45, 7) is 12.1. The van der Waals surface area contributed by atoms with Crippen LogP contribution in [-0.4, -0.2) is 91.6 Å². The Morgan fingerprint density at radius 1 is 0.952 bits per heavy atom. The number of hydrazine groups is 1. The van der Waals surface area contributed by atoms with Crippen LogP contribution >= 0.6 is 0 Å². The number of ether oxygens (including phenoxy) is 3. The van der Waals surface area contributed by atoms with Gasteiger partial charge in [0.1, 0.15) is 23.8 Å². The lowest BCUT2D eigenvalue weighted by Gasteiger charge is -2.26. The molecule has 0 heterocycles. The third kappa shape index (κ3) is 21.0. The van der Waals surface area contributed by atoms with Crippen LogP contribution < -0.4 is 21.4 Å². The molecule has 2 atom stereocenters. The van der Waals surface area contributed by atoms with Gasteiger partial charge in [0.15, 0.2) is 0 Å². The summed E-state index contributed by atoms with van der Waals surface area (Å²) in [6.07, 6.45) is -0.0788. The van der Waals surface area contributed by atoms with Crippen molar-refractivity contribution in [1.29, 1.82) is 0 Å². The number of amides is 4. The lowest BCUT2D eigenvalue weighted by molar-refractivity contribution is -0.146. The van der Waals surface area contributed by atoms with Crippen molar-refractivity contribution in [3.63, 3.8) is 0 Å². The molecule has 0 rings (SSSR count). The number of hydrogen-bond acceptors (Lipinski definition) is 10. The van der Waals surface area contributed by atoms with Gasteiger partial charge < -0.3 is 30.2 Å². The van der Waals surface area contributed by atoms with E-state index in [1.54, 1.807) is 41.5 Å². The summed E-state index contributed by atoms with van der Waals surface area (Å²) in [5.74, 6) is -1.68. The average Bonchev–Trinajstić information content (AvgIpc) is 2.81. The number of esters is 1. The molecule has 0 unspecified atom stereocenters. The van der Waals surface area contributed by atoms with Crippen LogP contribution in [0.3, 0.4) is 0 Å². The highest BCUT2D eigenvalue weighted by atomic mass is 16.6. The van der Waals surface area contributed by atoms with E-state index in [0.717, 1.165) is 12.8 Å². The first-order chi connectivity index (χ1) is 19.5. The van der Waals surface area contributed by atoms with Crippen molar-refractivity contribution in [2.45, 2.75) is 104 Å². The predicted molar refractivity (Wildman–Crippen MR) is 154 cm³/mol. The monoisotopic (exact) mass is 600 g/mol. The number of rotatable bonds is 17. The first kappa shape index (κ1) is 38.2. The predicted octanol–water partition coefficient (Wildman–Crippen LogP) is 2.68. The summed E-state index contributed by atoms with van der Waals surface area (Å²) >= 11 is 0. The summed E-state index contributed by atoms with van der Waals surface area (Å²) in [7, 11) is 1.49. The molecule has 0 aliphatic carbocycles. The molecule has 0 fully saturated rings. The summed E-state index contributed by atoms with van der Waals surface area (Å²) in [5, 5.41) is 12.4. The topological polar surface area (TPSA) is 213 Å². The second-order valence-electron chi connectivity index (χ2n) is 11.5. The number of unbranched alkanes of at least 4 members (excludes halogenated alkanes) is 1. The number of azide groups is 1. The highest BCUT2D eigenvalue weighted by Crippen LogP contribution is 2.09. The number of carbonyl (C=O) groups excluding carboxylic acids is 5. The van der Waals surface area contributed by atoms with E-state index < -0.39 is 53.3 Å². The van der Waals surface area contributed by atoms with Crippen LogP contribution in [0.1, 0.15) is 80.6 Å². The first-order valence-electron chi connectivity index (χ1n) is 13.9. The molecular formula is C26H48N8O8. The van der Waals surface area contributed by atoms with Crippen molar-refractivity contribution < 1.29 is 38.2 Å². The van der Waals surface area contributed by atoms with Gasteiger partial charge in [-0.2, -0.15) is 0 Å². The van der Waals surface area contributed by atoms with Crippen LogP contribution in [0.25, 0.3) is 10.4 Å². The maximum atomic E-state index is 13.2. The summed E-state index contributed by atoms with van der Waals surface area (Å²) in [4.78, 5) is 65.0. The zero-order valence-corrected chi connectivity index (χ0v) is 26.1. The van der Waals surface area contributed by atoms with Crippen molar-refractivity contribution in [3.05, 3.63) is 10.4 Å². The SMILES string of the molecule is CCCCOC(=O)CN(C)NC(=O)C[C@H](CCN=[N+]=[N-])NC(=O)[C@H](CCNC(=O)OC(C)(C)C)NC(=O)OC(C)(C)C. The number of nitrogens with zero attached hydrogens (tertiary/aromatic N) is 4. The van der Waals surface area contributed by atoms with Crippen molar-refractivity contribution in [2.75, 3.05) is 33.3 Å². The van der Waals surface area contributed by atoms with Gasteiger partial charge in [-0.05, 0) is 66.3 Å². The smallest absolute Gasteiger partial charge is 0.408 e. The summed E-state index contributed by atoms with van der Waals surface area (Å²) < 4.78 is 15.5. The molecule has 4 amide bonds. The van der Waals surface area contributed by atoms with E-state index in [1.165, 1.54) is 12.1 Å². The highest BCUT2D eigenvalue weighted by Gasteiger charge is 2.27. The van der Waals surface area contributed by atoms with E-state index in [0.29, 0.717) is 0 Å². The molecule has 0 bridgehead atoms. The molecule has 0 aliphatic heterocycles. The van der Waals surface area contributed by atoms with E-state index in [2.05, 4.69) is 31.4 Å². The van der Waals surface area contributed by atoms with Crippen LogP contribution in [0.5, 0.6) is 0 Å². The Balaban J connectivity index is 5.41. The molecule has 0 spiro atoms. The van der Waals surface area contributed by atoms with Crippen molar-refractivity contribution in [1.82, 2.24) is 26.4 Å². The minimum absolute atomic E-state index is 0.0152. The fourth-order valence-electron chi connectivity index (χ4n) is 3.23. The standard InChI is InChI=1S/C26H48N8O8/c1-9-10-15-40-21(36)17-34(8)32-20(35)16-18(11-14-29-33-27)30-22(37)19(31-24(39)42-26(5,6)7)12-13-28-23(38)41-25(2,3)4/h18-19H,9-17H2,1-8H3,(H,28,38)(H,30,37)(H,31,39)(H,32,35)/t18-,19-/m0/s1. The van der Waals surface area contributed by atoms with Crippen LogP contribution in [0.4, 0.5) is 9.59 Å². The molecule has 240 valence electrons. The fourth-order valence-corrected chi connectivity index (χ4v) is 3.23. The maximum absolute atomic E-state index is 13.2. The van der Waals surface area contributed by atoms with Crippen molar-refractivity contribution >= 4 is 30.0 Å². The summed E-state index contributed by atoms with van der Waals surface area (Å²) in [5.41, 5.74) is 9.63. The maximum Gasteiger partial charge on any atom is 0.408 e. The molecule has 0 aromatic carbocycles. The number of nitrogens with one attached hydrogen (secondary N) is 4. The Morgan fingerprint density at radius 3 is 2.14 bits per heavy atom. The number of hydrogen-bond donors (Lipinski definition) is 4. The minimum atomic E-state index is -1.15. The van der Waals surface area contributed by atoms with E-state index in [9.17, 15) is 24.0 Å². The van der Waals surface area contributed by atoms with E-state index in [1.807, 2.05) is 6.92 Å². The van der Waals surface area contributed by atoms with Gasteiger partial charge in [-0.25, -0.2) is 14.6 Å². The second kappa shape index (κ2) is 19.4. The number of carbonyl (C=O) groups is 5. The Morgan fingerprint density at radius 2 is 1.57 bits per heavy atom. The zero-order chi connectivity index (χ0) is 32.3. The molecular weight excluding hydrogens is 552 g/mol. The molecule has 0 aromatic rings.